The van der Waals surface area contributed by atoms with E-state index in [1.807, 2.05) is 24.3 Å². The molecule has 24 heavy (non-hydrogen) atoms. The third-order valence-corrected chi connectivity index (χ3v) is 4.66. The molecule has 0 aromatic heterocycles. The van der Waals surface area contributed by atoms with Crippen molar-refractivity contribution in [2.75, 3.05) is 26.2 Å². The SMILES string of the molecule is CC1CCCN(CCCCNC(=O)NCc2ccccc2CO)C1. The number of urea groups is 1. The van der Waals surface area contributed by atoms with Crippen LogP contribution in [0.4, 0.5) is 4.79 Å². The quantitative estimate of drug-likeness (QED) is 0.641. The van der Waals surface area contributed by atoms with Crippen molar-refractivity contribution in [3.05, 3.63) is 35.4 Å². The topological polar surface area (TPSA) is 64.6 Å². The highest BCUT2D eigenvalue weighted by Gasteiger charge is 2.15. The molecule has 1 aliphatic heterocycles. The van der Waals surface area contributed by atoms with Crippen LogP contribution in [0.5, 0.6) is 0 Å². The number of rotatable bonds is 8. The molecule has 134 valence electrons. The van der Waals surface area contributed by atoms with Crippen LogP contribution in [0, 0.1) is 5.92 Å². The molecule has 1 atom stereocenters. The Bertz CT molecular complexity index is 507. The van der Waals surface area contributed by atoms with E-state index in [4.69, 9.17) is 0 Å². The zero-order valence-electron chi connectivity index (χ0n) is 14.8. The van der Waals surface area contributed by atoms with Gasteiger partial charge in [-0.05, 0) is 55.8 Å². The Hall–Kier alpha value is -1.59. The molecule has 1 fully saturated rings. The minimum Gasteiger partial charge on any atom is -0.392 e. The lowest BCUT2D eigenvalue weighted by Crippen LogP contribution is -2.37. The fraction of sp³-hybridized carbons (Fsp3) is 0.632. The number of nitrogens with one attached hydrogen (secondary N) is 2. The number of unbranched alkanes of at least 4 members (excludes halogenated alkanes) is 1. The third-order valence-electron chi connectivity index (χ3n) is 4.66. The Balaban J connectivity index is 1.55. The number of amides is 2. The van der Waals surface area contributed by atoms with Crippen LogP contribution in [0.1, 0.15) is 43.7 Å². The van der Waals surface area contributed by atoms with E-state index in [-0.39, 0.29) is 12.6 Å². The standard InChI is InChI=1S/C19H31N3O2/c1-16-7-6-12-22(14-16)11-5-4-10-20-19(24)21-13-17-8-2-3-9-18(17)15-23/h2-3,8-9,16,23H,4-7,10-15H2,1H3,(H2,20,21,24). The van der Waals surface area contributed by atoms with E-state index in [2.05, 4.69) is 22.5 Å². The van der Waals surface area contributed by atoms with Gasteiger partial charge in [-0.15, -0.1) is 0 Å². The number of carbonyl (C=O) groups is 1. The van der Waals surface area contributed by atoms with E-state index >= 15 is 0 Å². The lowest BCUT2D eigenvalue weighted by Gasteiger charge is -2.30. The second-order valence-electron chi connectivity index (χ2n) is 6.79. The second-order valence-corrected chi connectivity index (χ2v) is 6.79. The van der Waals surface area contributed by atoms with Crippen LogP contribution in [0.15, 0.2) is 24.3 Å². The van der Waals surface area contributed by atoms with Crippen LogP contribution in [0.2, 0.25) is 0 Å². The molecule has 1 aliphatic rings. The number of nitrogens with zero attached hydrogens (tertiary/aromatic N) is 1. The van der Waals surface area contributed by atoms with E-state index in [1.54, 1.807) is 0 Å². The Morgan fingerprint density at radius 1 is 1.25 bits per heavy atom. The molecule has 0 aliphatic carbocycles. The molecule has 5 heteroatoms. The Kier molecular flexibility index (Phi) is 8.05. The number of aliphatic hydroxyl groups excluding tert-OH is 1. The van der Waals surface area contributed by atoms with Crippen LogP contribution >= 0.6 is 0 Å². The molecule has 0 spiro atoms. The highest BCUT2D eigenvalue weighted by molar-refractivity contribution is 5.73. The predicted molar refractivity (Wildman–Crippen MR) is 96.7 cm³/mol. The van der Waals surface area contributed by atoms with Gasteiger partial charge in [-0.2, -0.15) is 0 Å². The number of aliphatic hydroxyl groups is 1. The first kappa shape index (κ1) is 18.7. The fourth-order valence-electron chi connectivity index (χ4n) is 3.27. The summed E-state index contributed by atoms with van der Waals surface area (Å²) in [5.74, 6) is 0.824. The fourth-order valence-corrected chi connectivity index (χ4v) is 3.27. The first-order valence-electron chi connectivity index (χ1n) is 9.10. The average Bonchev–Trinajstić information content (AvgIpc) is 2.60. The summed E-state index contributed by atoms with van der Waals surface area (Å²) in [4.78, 5) is 14.4. The monoisotopic (exact) mass is 333 g/mol. The van der Waals surface area contributed by atoms with E-state index < -0.39 is 0 Å². The molecule has 1 aromatic carbocycles. The maximum Gasteiger partial charge on any atom is 0.315 e. The molecule has 0 radical (unpaired) electrons. The smallest absolute Gasteiger partial charge is 0.315 e. The number of hydrogen-bond donors (Lipinski definition) is 3. The molecule has 1 saturated heterocycles. The van der Waals surface area contributed by atoms with Crippen molar-refractivity contribution in [2.24, 2.45) is 5.92 Å². The first-order chi connectivity index (χ1) is 11.7. The highest BCUT2D eigenvalue weighted by Crippen LogP contribution is 2.15. The molecule has 1 aromatic rings. The van der Waals surface area contributed by atoms with Gasteiger partial charge in [0.15, 0.2) is 0 Å². The van der Waals surface area contributed by atoms with Crippen LogP contribution in [-0.4, -0.2) is 42.2 Å². The number of hydrogen-bond acceptors (Lipinski definition) is 3. The maximum atomic E-state index is 11.8. The van der Waals surface area contributed by atoms with E-state index in [0.717, 1.165) is 36.4 Å². The van der Waals surface area contributed by atoms with Crippen molar-refractivity contribution in [3.63, 3.8) is 0 Å². The van der Waals surface area contributed by atoms with Gasteiger partial charge in [0, 0.05) is 19.6 Å². The van der Waals surface area contributed by atoms with Crippen molar-refractivity contribution in [3.8, 4) is 0 Å². The third kappa shape index (κ3) is 6.49. The van der Waals surface area contributed by atoms with Gasteiger partial charge in [0.25, 0.3) is 0 Å². The highest BCUT2D eigenvalue weighted by atomic mass is 16.3. The van der Waals surface area contributed by atoms with E-state index in [9.17, 15) is 9.90 Å². The van der Waals surface area contributed by atoms with Crippen molar-refractivity contribution >= 4 is 6.03 Å². The summed E-state index contributed by atoms with van der Waals surface area (Å²) >= 11 is 0. The number of likely N-dealkylation sites (tertiary alicyclic amines) is 1. The molecule has 2 rings (SSSR count). The predicted octanol–water partition coefficient (Wildman–Crippen LogP) is 2.49. The summed E-state index contributed by atoms with van der Waals surface area (Å²) in [5, 5.41) is 15.0. The molecule has 0 saturated carbocycles. The lowest BCUT2D eigenvalue weighted by molar-refractivity contribution is 0.181. The van der Waals surface area contributed by atoms with Crippen LogP contribution in [0.25, 0.3) is 0 Å². The summed E-state index contributed by atoms with van der Waals surface area (Å²) in [6.45, 7) is 7.05. The van der Waals surface area contributed by atoms with Gasteiger partial charge >= 0.3 is 6.03 Å². The summed E-state index contributed by atoms with van der Waals surface area (Å²) in [6.07, 6.45) is 4.81. The minimum absolute atomic E-state index is 0.00537. The molecule has 2 amide bonds. The largest absolute Gasteiger partial charge is 0.392 e. The van der Waals surface area contributed by atoms with Crippen molar-refractivity contribution in [2.45, 2.75) is 45.8 Å². The van der Waals surface area contributed by atoms with Crippen LogP contribution in [-0.2, 0) is 13.2 Å². The van der Waals surface area contributed by atoms with Gasteiger partial charge in [0.2, 0.25) is 0 Å². The van der Waals surface area contributed by atoms with Gasteiger partial charge in [0.05, 0.1) is 6.61 Å². The summed E-state index contributed by atoms with van der Waals surface area (Å²) < 4.78 is 0. The van der Waals surface area contributed by atoms with Crippen LogP contribution in [0.3, 0.4) is 0 Å². The van der Waals surface area contributed by atoms with Gasteiger partial charge in [-0.1, -0.05) is 31.2 Å². The molecular formula is C19H31N3O2. The van der Waals surface area contributed by atoms with Gasteiger partial charge in [-0.25, -0.2) is 4.79 Å². The summed E-state index contributed by atoms with van der Waals surface area (Å²) in [7, 11) is 0. The summed E-state index contributed by atoms with van der Waals surface area (Å²) in [6, 6.07) is 7.45. The van der Waals surface area contributed by atoms with Crippen molar-refractivity contribution in [1.29, 1.82) is 0 Å². The zero-order chi connectivity index (χ0) is 17.2. The summed E-state index contributed by atoms with van der Waals surface area (Å²) in [5.41, 5.74) is 1.81. The van der Waals surface area contributed by atoms with Crippen molar-refractivity contribution in [1.82, 2.24) is 15.5 Å². The molecule has 1 unspecified atom stereocenters. The van der Waals surface area contributed by atoms with Crippen LogP contribution < -0.4 is 10.6 Å². The molecule has 3 N–H and O–H groups in total. The number of carbonyl (C=O) groups excluding carboxylic acids is 1. The number of benzene rings is 1. The zero-order valence-corrected chi connectivity index (χ0v) is 14.8. The van der Waals surface area contributed by atoms with E-state index in [1.165, 1.54) is 25.9 Å². The molecule has 5 nitrogen and oxygen atoms in total. The normalized spacial score (nSPS) is 18.3. The van der Waals surface area contributed by atoms with Crippen molar-refractivity contribution < 1.29 is 9.90 Å². The Labute approximate surface area is 145 Å². The molecular weight excluding hydrogens is 302 g/mol. The Morgan fingerprint density at radius 2 is 2.04 bits per heavy atom. The average molecular weight is 333 g/mol. The molecule has 0 bridgehead atoms. The Morgan fingerprint density at radius 3 is 2.79 bits per heavy atom. The van der Waals surface area contributed by atoms with Gasteiger partial charge in [-0.3, -0.25) is 0 Å². The van der Waals surface area contributed by atoms with Gasteiger partial charge in [0.1, 0.15) is 0 Å². The first-order valence-corrected chi connectivity index (χ1v) is 9.10. The number of piperidine rings is 1. The van der Waals surface area contributed by atoms with Gasteiger partial charge < -0.3 is 20.6 Å². The minimum atomic E-state index is -0.144. The van der Waals surface area contributed by atoms with E-state index in [0.29, 0.717) is 13.1 Å². The lowest BCUT2D eigenvalue weighted by atomic mass is 10.0. The molecule has 1 heterocycles. The second kappa shape index (κ2) is 10.3. The maximum absolute atomic E-state index is 11.8.